The molecule has 1 amide bonds. The molecule has 144 valence electrons. The summed E-state index contributed by atoms with van der Waals surface area (Å²) in [5, 5.41) is 2.31. The smallest absolute Gasteiger partial charge is 0.408 e. The Bertz CT molecular complexity index is 849. The van der Waals surface area contributed by atoms with Gasteiger partial charge < -0.3 is 20.3 Å². The maximum atomic E-state index is 12.3. The lowest BCUT2D eigenvalue weighted by Crippen LogP contribution is -2.43. The van der Waals surface area contributed by atoms with Crippen LogP contribution < -0.4 is 5.32 Å². The van der Waals surface area contributed by atoms with Crippen LogP contribution in [0.15, 0.2) is 60.7 Å². The number of amides is 1. The van der Waals surface area contributed by atoms with E-state index in [9.17, 15) is 14.4 Å². The molecule has 0 aliphatic rings. The summed E-state index contributed by atoms with van der Waals surface area (Å²) in [7, 11) is 0. The quantitative estimate of drug-likeness (QED) is 0.309. The molecule has 1 atom stereocenters. The van der Waals surface area contributed by atoms with Crippen molar-refractivity contribution in [2.45, 2.75) is 25.7 Å². The molecule has 0 aromatic heterocycles. The van der Waals surface area contributed by atoms with Crippen molar-refractivity contribution in [3.05, 3.63) is 77.3 Å². The number of nitrogens with zero attached hydrogens (tertiary/aromatic N) is 2. The number of nitrogens with one attached hydrogen (secondary N) is 1. The molecule has 0 saturated carbocycles. The third kappa shape index (κ3) is 7.23. The fraction of sp³-hybridized carbons (Fsp3) is 0.200. The minimum Gasteiger partial charge on any atom is -0.459 e. The molecule has 0 aliphatic heterocycles. The van der Waals surface area contributed by atoms with E-state index in [1.807, 2.05) is 12.1 Å². The molecule has 2 rings (SSSR count). The van der Waals surface area contributed by atoms with Gasteiger partial charge in [0.25, 0.3) is 0 Å². The number of carbonyl (C=O) groups is 3. The first-order valence-corrected chi connectivity index (χ1v) is 8.46. The van der Waals surface area contributed by atoms with E-state index in [0.717, 1.165) is 11.1 Å². The van der Waals surface area contributed by atoms with Crippen LogP contribution in [0.1, 0.15) is 17.5 Å². The monoisotopic (exact) mass is 381 g/mol. The Labute approximate surface area is 161 Å². The summed E-state index contributed by atoms with van der Waals surface area (Å²) in [6.07, 6.45) is -0.661. The van der Waals surface area contributed by atoms with Gasteiger partial charge in [-0.15, -0.1) is 0 Å². The minimum atomic E-state index is -1.28. The van der Waals surface area contributed by atoms with Crippen molar-refractivity contribution in [2.75, 3.05) is 0 Å². The van der Waals surface area contributed by atoms with Gasteiger partial charge in [-0.2, -0.15) is 4.79 Å². The molecule has 0 heterocycles. The Morgan fingerprint density at radius 3 is 2.00 bits per heavy atom. The number of hydrogen-bond donors (Lipinski definition) is 1. The summed E-state index contributed by atoms with van der Waals surface area (Å²) in [4.78, 5) is 38.6. The molecular formula is C20H19N3O5. The Balaban J connectivity index is 1.94. The van der Waals surface area contributed by atoms with Gasteiger partial charge in [-0.3, -0.25) is 4.79 Å². The molecule has 1 N–H and O–H groups in total. The van der Waals surface area contributed by atoms with E-state index in [1.54, 1.807) is 48.5 Å². The van der Waals surface area contributed by atoms with Crippen LogP contribution in [0, 0.1) is 0 Å². The lowest BCUT2D eigenvalue weighted by Gasteiger charge is -2.16. The van der Waals surface area contributed by atoms with Gasteiger partial charge in [0.2, 0.25) is 5.78 Å². The molecule has 0 saturated heterocycles. The van der Waals surface area contributed by atoms with Gasteiger partial charge in [0.05, 0.1) is 0 Å². The molecule has 8 nitrogen and oxygen atoms in total. The minimum absolute atomic E-state index is 0.00447. The van der Waals surface area contributed by atoms with E-state index in [2.05, 4.69) is 10.1 Å². The normalized spacial score (nSPS) is 10.9. The van der Waals surface area contributed by atoms with Gasteiger partial charge in [-0.1, -0.05) is 60.7 Å². The predicted molar refractivity (Wildman–Crippen MR) is 99.1 cm³/mol. The third-order valence-corrected chi connectivity index (χ3v) is 3.62. The van der Waals surface area contributed by atoms with Crippen LogP contribution in [0.5, 0.6) is 0 Å². The number of esters is 1. The van der Waals surface area contributed by atoms with Crippen molar-refractivity contribution >= 4 is 24.1 Å². The zero-order valence-corrected chi connectivity index (χ0v) is 15.0. The van der Waals surface area contributed by atoms with Crippen LogP contribution in [0.4, 0.5) is 4.79 Å². The molecule has 0 fully saturated rings. The Morgan fingerprint density at radius 2 is 1.46 bits per heavy atom. The maximum Gasteiger partial charge on any atom is 0.408 e. The van der Waals surface area contributed by atoms with E-state index < -0.39 is 30.3 Å². The van der Waals surface area contributed by atoms with Crippen molar-refractivity contribution < 1.29 is 28.6 Å². The Kier molecular flexibility index (Phi) is 8.11. The van der Waals surface area contributed by atoms with Crippen LogP contribution in [0.25, 0.3) is 5.53 Å². The summed E-state index contributed by atoms with van der Waals surface area (Å²) < 4.78 is 10.2. The second-order valence-corrected chi connectivity index (χ2v) is 5.77. The lowest BCUT2D eigenvalue weighted by atomic mass is 10.1. The Hall–Kier alpha value is -3.77. The number of alkyl carbamates (subject to hydrolysis) is 1. The van der Waals surface area contributed by atoms with E-state index >= 15 is 0 Å². The zero-order valence-electron chi connectivity index (χ0n) is 15.0. The van der Waals surface area contributed by atoms with E-state index in [-0.39, 0.29) is 13.2 Å². The second kappa shape index (κ2) is 11.1. The van der Waals surface area contributed by atoms with Gasteiger partial charge in [-0.25, -0.2) is 9.59 Å². The van der Waals surface area contributed by atoms with Crippen LogP contribution in [0.2, 0.25) is 0 Å². The standard InChI is InChI=1S/C20H19N3O5/c21-22-12-17(24)11-18(19(25)27-13-15-7-3-1-4-8-15)23-20(26)28-14-16-9-5-2-6-10-16/h1-10,12,18H,11,13-14H2,(H,23,26)/t18-/m0/s1. The van der Waals surface area contributed by atoms with E-state index in [0.29, 0.717) is 6.21 Å². The highest BCUT2D eigenvalue weighted by molar-refractivity contribution is 6.26. The number of ether oxygens (including phenoxy) is 2. The van der Waals surface area contributed by atoms with Crippen molar-refractivity contribution in [1.82, 2.24) is 5.32 Å². The number of hydrogen-bond acceptors (Lipinski definition) is 5. The van der Waals surface area contributed by atoms with E-state index in [1.165, 1.54) is 0 Å². The van der Waals surface area contributed by atoms with Crippen LogP contribution >= 0.6 is 0 Å². The first-order chi connectivity index (χ1) is 13.6. The summed E-state index contributed by atoms with van der Waals surface area (Å²) in [6.45, 7) is -0.0102. The molecule has 0 bridgehead atoms. The van der Waals surface area contributed by atoms with Gasteiger partial charge in [0.15, 0.2) is 0 Å². The molecule has 8 heteroatoms. The maximum absolute atomic E-state index is 12.3. The van der Waals surface area contributed by atoms with Crippen molar-refractivity contribution in [1.29, 1.82) is 0 Å². The van der Waals surface area contributed by atoms with Gasteiger partial charge in [-0.05, 0) is 11.1 Å². The first-order valence-electron chi connectivity index (χ1n) is 8.46. The largest absolute Gasteiger partial charge is 0.459 e. The molecule has 28 heavy (non-hydrogen) atoms. The zero-order chi connectivity index (χ0) is 20.2. The number of rotatable bonds is 9. The summed E-state index contributed by atoms with van der Waals surface area (Å²) in [6, 6.07) is 16.7. The molecule has 2 aromatic rings. The van der Waals surface area contributed by atoms with Crippen LogP contribution in [-0.4, -0.2) is 34.9 Å². The summed E-state index contributed by atoms with van der Waals surface area (Å²) in [5.41, 5.74) is 9.97. The van der Waals surface area contributed by atoms with Gasteiger partial charge in [0.1, 0.15) is 19.3 Å². The van der Waals surface area contributed by atoms with Gasteiger partial charge in [0, 0.05) is 6.42 Å². The number of benzene rings is 2. The topological polar surface area (TPSA) is 118 Å². The fourth-order valence-corrected chi connectivity index (χ4v) is 2.25. The summed E-state index contributed by atoms with van der Waals surface area (Å²) >= 11 is 0. The average Bonchev–Trinajstić information content (AvgIpc) is 2.71. The summed E-state index contributed by atoms with van der Waals surface area (Å²) in [5.74, 6) is -1.47. The SMILES string of the molecule is [N-]=[N+]=CC(=O)C[C@H](NC(=O)OCc1ccccc1)C(=O)OCc1ccccc1. The highest BCUT2D eigenvalue weighted by Crippen LogP contribution is 2.05. The van der Waals surface area contributed by atoms with Crippen molar-refractivity contribution in [2.24, 2.45) is 0 Å². The average molecular weight is 381 g/mol. The molecule has 0 radical (unpaired) electrons. The predicted octanol–water partition coefficient (Wildman–Crippen LogP) is 2.28. The number of carbonyl (C=O) groups excluding carboxylic acids is 3. The molecule has 0 unspecified atom stereocenters. The molecule has 0 spiro atoms. The van der Waals surface area contributed by atoms with Crippen LogP contribution in [-0.2, 0) is 32.3 Å². The number of Topliss-reactive ketones (excluding diaryl/α,β-unsaturated/α-hetero) is 1. The fourth-order valence-electron chi connectivity index (χ4n) is 2.25. The Morgan fingerprint density at radius 1 is 0.929 bits per heavy atom. The molecule has 2 aromatic carbocycles. The molecular weight excluding hydrogens is 362 g/mol. The lowest BCUT2D eigenvalue weighted by molar-refractivity contribution is -0.148. The first kappa shape index (κ1) is 20.5. The van der Waals surface area contributed by atoms with Crippen molar-refractivity contribution in [3.8, 4) is 0 Å². The number of ketones is 1. The van der Waals surface area contributed by atoms with E-state index in [4.69, 9.17) is 15.0 Å². The van der Waals surface area contributed by atoms with Gasteiger partial charge >= 0.3 is 18.3 Å². The van der Waals surface area contributed by atoms with Crippen molar-refractivity contribution in [3.63, 3.8) is 0 Å². The third-order valence-electron chi connectivity index (χ3n) is 3.62. The van der Waals surface area contributed by atoms with Crippen LogP contribution in [0.3, 0.4) is 0 Å². The highest BCUT2D eigenvalue weighted by atomic mass is 16.6. The second-order valence-electron chi connectivity index (χ2n) is 5.77. The highest BCUT2D eigenvalue weighted by Gasteiger charge is 2.26. The molecule has 0 aliphatic carbocycles.